The Bertz CT molecular complexity index is 1770. The molecule has 1 aromatic carbocycles. The molecule has 0 saturated heterocycles. The van der Waals surface area contributed by atoms with Crippen LogP contribution in [0.2, 0.25) is 0 Å². The molecule has 196 valence electrons. The lowest BCUT2D eigenvalue weighted by atomic mass is 10.0. The van der Waals surface area contributed by atoms with E-state index in [-0.39, 0.29) is 20.7 Å². The predicted octanol–water partition coefficient (Wildman–Crippen LogP) is 5.43. The monoisotopic (exact) mass is 549 g/mol. The van der Waals surface area contributed by atoms with Gasteiger partial charge in [-0.15, -0.1) is 0 Å². The maximum atomic E-state index is 15.6. The van der Waals surface area contributed by atoms with E-state index in [1.807, 2.05) is 0 Å². The molecule has 0 amide bonds. The van der Waals surface area contributed by atoms with E-state index < -0.39 is 61.8 Å². The van der Waals surface area contributed by atoms with Gasteiger partial charge in [-0.3, -0.25) is 9.36 Å². The molecule has 0 radical (unpaired) electrons. The third-order valence-corrected chi connectivity index (χ3v) is 6.74. The Balaban J connectivity index is 1.96. The van der Waals surface area contributed by atoms with E-state index in [1.165, 1.54) is 37.4 Å². The van der Waals surface area contributed by atoms with Crippen LogP contribution in [0.15, 0.2) is 69.2 Å². The molecule has 3 heterocycles. The van der Waals surface area contributed by atoms with Crippen LogP contribution < -0.4 is 5.56 Å². The normalized spacial score (nSPS) is 12.8. The molecule has 3 aromatic heterocycles. The van der Waals surface area contributed by atoms with Crippen LogP contribution in [0.4, 0.5) is 22.0 Å². The average molecular weight is 549 g/mol. The van der Waals surface area contributed by atoms with E-state index in [0.29, 0.717) is 11.6 Å². The molecule has 4 aromatic rings. The minimum absolute atomic E-state index is 0.175. The van der Waals surface area contributed by atoms with E-state index in [9.17, 15) is 36.0 Å². The second kappa shape index (κ2) is 9.53. The van der Waals surface area contributed by atoms with Crippen LogP contribution >= 0.6 is 0 Å². The third kappa shape index (κ3) is 4.82. The summed E-state index contributed by atoms with van der Waals surface area (Å²) in [7, 11) is -3.62. The third-order valence-electron chi connectivity index (χ3n) is 5.62. The summed E-state index contributed by atoms with van der Waals surface area (Å²) < 4.78 is 100. The van der Waals surface area contributed by atoms with E-state index in [4.69, 9.17) is 4.42 Å². The van der Waals surface area contributed by atoms with Crippen molar-refractivity contribution in [2.75, 3.05) is 6.26 Å². The van der Waals surface area contributed by atoms with Gasteiger partial charge < -0.3 is 4.42 Å². The molecular formula is C25H16F5N3O4S. The van der Waals surface area contributed by atoms with Crippen LogP contribution in [0.5, 0.6) is 0 Å². The van der Waals surface area contributed by atoms with Crippen molar-refractivity contribution >= 4 is 9.84 Å². The molecular weight excluding hydrogens is 533 g/mol. The summed E-state index contributed by atoms with van der Waals surface area (Å²) in [5, 5.41) is 9.11. The average Bonchev–Trinajstić information content (AvgIpc) is 3.32. The van der Waals surface area contributed by atoms with Crippen molar-refractivity contribution in [2.24, 2.45) is 0 Å². The largest absolute Gasteiger partial charge is 0.462 e. The first-order chi connectivity index (χ1) is 17.7. The maximum absolute atomic E-state index is 15.6. The molecule has 0 fully saturated rings. The lowest BCUT2D eigenvalue weighted by Gasteiger charge is -2.19. The first-order valence-electron chi connectivity index (χ1n) is 10.7. The highest BCUT2D eigenvalue weighted by Crippen LogP contribution is 2.37. The van der Waals surface area contributed by atoms with Crippen molar-refractivity contribution < 1.29 is 34.8 Å². The van der Waals surface area contributed by atoms with Crippen LogP contribution in [0.25, 0.3) is 22.6 Å². The molecule has 0 spiro atoms. The van der Waals surface area contributed by atoms with Crippen molar-refractivity contribution in [1.29, 1.82) is 5.26 Å². The van der Waals surface area contributed by atoms with Crippen LogP contribution in [-0.4, -0.2) is 24.2 Å². The molecule has 0 aliphatic heterocycles. The van der Waals surface area contributed by atoms with E-state index >= 15 is 4.39 Å². The van der Waals surface area contributed by atoms with Gasteiger partial charge in [0.15, 0.2) is 20.6 Å². The topological polar surface area (TPSA) is 106 Å². The first-order valence-corrected chi connectivity index (χ1v) is 12.5. The Morgan fingerprint density at radius 3 is 2.39 bits per heavy atom. The first kappa shape index (κ1) is 26.7. The van der Waals surface area contributed by atoms with Crippen LogP contribution in [0.3, 0.4) is 0 Å². The molecule has 4 rings (SSSR count). The number of nitriles is 1. The molecule has 1 unspecified atom stereocenters. The number of pyridine rings is 2. The van der Waals surface area contributed by atoms with Gasteiger partial charge in [0, 0.05) is 29.1 Å². The zero-order valence-electron chi connectivity index (χ0n) is 19.5. The van der Waals surface area contributed by atoms with Gasteiger partial charge >= 0.3 is 6.18 Å². The zero-order chi connectivity index (χ0) is 28.0. The van der Waals surface area contributed by atoms with Gasteiger partial charge in [-0.25, -0.2) is 22.2 Å². The Morgan fingerprint density at radius 2 is 1.82 bits per heavy atom. The smallest absolute Gasteiger partial charge is 0.417 e. The van der Waals surface area contributed by atoms with Crippen LogP contribution in [0, 0.1) is 24.1 Å². The molecule has 0 aliphatic rings. The number of hydrogen-bond donors (Lipinski definition) is 0. The fraction of sp³-hybridized carbons (Fsp3) is 0.160. The number of hydrogen-bond acceptors (Lipinski definition) is 6. The summed E-state index contributed by atoms with van der Waals surface area (Å²) in [5.41, 5.74) is -5.17. The van der Waals surface area contributed by atoms with Crippen molar-refractivity contribution in [3.63, 3.8) is 0 Å². The van der Waals surface area contributed by atoms with Gasteiger partial charge in [0.25, 0.3) is 5.56 Å². The Labute approximate surface area is 212 Å². The molecule has 0 saturated carbocycles. The molecule has 38 heavy (non-hydrogen) atoms. The second-order valence-corrected chi connectivity index (χ2v) is 10.2. The van der Waals surface area contributed by atoms with E-state index in [1.54, 1.807) is 0 Å². The van der Waals surface area contributed by atoms with Crippen LogP contribution in [0.1, 0.15) is 28.5 Å². The molecule has 0 bridgehead atoms. The van der Waals surface area contributed by atoms with Crippen molar-refractivity contribution in [3.8, 4) is 28.7 Å². The van der Waals surface area contributed by atoms with E-state index in [2.05, 4.69) is 4.98 Å². The molecule has 7 nitrogen and oxygen atoms in total. The minimum atomic E-state index is -5.15. The van der Waals surface area contributed by atoms with Gasteiger partial charge in [-0.05, 0) is 36.8 Å². The number of alkyl halides is 4. The highest BCUT2D eigenvalue weighted by atomic mass is 32.2. The van der Waals surface area contributed by atoms with Crippen LogP contribution in [-0.2, 0) is 16.0 Å². The number of sulfone groups is 1. The molecule has 0 aliphatic carbocycles. The van der Waals surface area contributed by atoms with Crippen molar-refractivity contribution in [1.82, 2.24) is 9.55 Å². The summed E-state index contributed by atoms with van der Waals surface area (Å²) in [6, 6.07) is 8.61. The van der Waals surface area contributed by atoms with Gasteiger partial charge in [-0.2, -0.15) is 18.4 Å². The molecule has 13 heteroatoms. The lowest BCUT2D eigenvalue weighted by Crippen LogP contribution is -2.30. The number of halogens is 5. The number of nitrogens with zero attached hydrogens (tertiary/aromatic N) is 3. The SMILES string of the molecule is Cc1cc(-c2coc(-c3cc(C(F)(F)F)c(C#N)c(=O)n3C(F)c3ccccc3F)c2)cnc1S(C)(=O)=O. The number of aryl methyl sites for hydroxylation is 1. The minimum Gasteiger partial charge on any atom is -0.462 e. The summed E-state index contributed by atoms with van der Waals surface area (Å²) in [6.07, 6.45) is -4.51. The number of benzene rings is 1. The fourth-order valence-electron chi connectivity index (χ4n) is 3.91. The Kier molecular flexibility index (Phi) is 6.71. The highest BCUT2D eigenvalue weighted by Gasteiger charge is 2.38. The summed E-state index contributed by atoms with van der Waals surface area (Å²) in [4.78, 5) is 16.9. The second-order valence-electron chi connectivity index (χ2n) is 8.28. The van der Waals surface area contributed by atoms with Crippen molar-refractivity contribution in [3.05, 3.63) is 93.3 Å². The Morgan fingerprint density at radius 1 is 1.13 bits per heavy atom. The summed E-state index contributed by atoms with van der Waals surface area (Å²) >= 11 is 0. The predicted molar refractivity (Wildman–Crippen MR) is 125 cm³/mol. The summed E-state index contributed by atoms with van der Waals surface area (Å²) in [5.74, 6) is -1.47. The fourth-order valence-corrected chi connectivity index (χ4v) is 4.80. The van der Waals surface area contributed by atoms with Gasteiger partial charge in [0.05, 0.1) is 17.5 Å². The summed E-state index contributed by atoms with van der Waals surface area (Å²) in [6.45, 7) is 1.49. The number of rotatable bonds is 5. The van der Waals surface area contributed by atoms with Gasteiger partial charge in [0.2, 0.25) is 6.30 Å². The highest BCUT2D eigenvalue weighted by molar-refractivity contribution is 7.90. The number of aromatic nitrogens is 2. The molecule has 1 atom stereocenters. The van der Waals surface area contributed by atoms with E-state index in [0.717, 1.165) is 30.7 Å². The number of furan rings is 1. The van der Waals surface area contributed by atoms with Crippen molar-refractivity contribution in [2.45, 2.75) is 24.4 Å². The van der Waals surface area contributed by atoms with Gasteiger partial charge in [-0.1, -0.05) is 18.2 Å². The zero-order valence-corrected chi connectivity index (χ0v) is 20.4. The standard InChI is InChI=1S/C25H16F5N3O4S/c1-13-7-14(11-32-23(13)38(2,35)36)15-8-21(37-12-15)20-9-18(25(28,29)30)17(10-31)24(34)33(20)22(27)16-5-3-4-6-19(16)26/h3-9,11-12,22H,1-2H3. The molecule has 0 N–H and O–H groups in total. The Hall–Kier alpha value is -4.31. The quantitative estimate of drug-likeness (QED) is 0.308. The maximum Gasteiger partial charge on any atom is 0.417 e. The lowest BCUT2D eigenvalue weighted by molar-refractivity contribution is -0.138. The van der Waals surface area contributed by atoms with Gasteiger partial charge in [0.1, 0.15) is 17.4 Å².